The summed E-state index contributed by atoms with van der Waals surface area (Å²) in [6, 6.07) is 0. The van der Waals surface area contributed by atoms with E-state index in [1.807, 2.05) is 0 Å². The summed E-state index contributed by atoms with van der Waals surface area (Å²) in [6.45, 7) is 1.28. The van der Waals surface area contributed by atoms with Gasteiger partial charge in [0, 0.05) is 13.7 Å². The Kier molecular flexibility index (Phi) is 5.28. The Morgan fingerprint density at radius 2 is 1.71 bits per heavy atom. The molecule has 96 valence electrons. The van der Waals surface area contributed by atoms with Crippen LogP contribution in [0.25, 0.3) is 0 Å². The standard InChI is InChI=1S/C10H19N5O2/c1-16-5-3-2-4-6-17-9-7(11)8(12)14-10(13)15-9/h2-6,11H2,1H3,(H4,12,13,14,15). The molecule has 17 heavy (non-hydrogen) atoms. The van der Waals surface area contributed by atoms with Crippen molar-refractivity contribution in [2.45, 2.75) is 19.3 Å². The van der Waals surface area contributed by atoms with E-state index >= 15 is 0 Å². The molecular formula is C10H19N5O2. The highest BCUT2D eigenvalue weighted by Crippen LogP contribution is 2.24. The molecule has 0 amide bonds. The van der Waals surface area contributed by atoms with Gasteiger partial charge in [-0.05, 0) is 19.3 Å². The second kappa shape index (κ2) is 6.74. The zero-order valence-electron chi connectivity index (χ0n) is 9.98. The van der Waals surface area contributed by atoms with Crippen LogP contribution in [-0.2, 0) is 4.74 Å². The summed E-state index contributed by atoms with van der Waals surface area (Å²) in [5.74, 6) is 0.458. The van der Waals surface area contributed by atoms with Crippen LogP contribution in [0.5, 0.6) is 5.88 Å². The molecule has 7 heteroatoms. The molecule has 0 aromatic carbocycles. The zero-order valence-corrected chi connectivity index (χ0v) is 9.98. The average molecular weight is 241 g/mol. The summed E-state index contributed by atoms with van der Waals surface area (Å²) in [5.41, 5.74) is 16.9. The Hall–Kier alpha value is -1.76. The quantitative estimate of drug-likeness (QED) is 0.591. The van der Waals surface area contributed by atoms with Crippen LogP contribution in [0.15, 0.2) is 0 Å². The highest BCUT2D eigenvalue weighted by atomic mass is 16.5. The molecule has 0 radical (unpaired) electrons. The van der Waals surface area contributed by atoms with Gasteiger partial charge in [0.05, 0.1) is 6.61 Å². The third kappa shape index (κ3) is 4.31. The molecule has 0 bridgehead atoms. The summed E-state index contributed by atoms with van der Waals surface area (Å²) in [5, 5.41) is 0. The normalized spacial score (nSPS) is 10.4. The Balaban J connectivity index is 2.36. The fourth-order valence-corrected chi connectivity index (χ4v) is 1.29. The number of nitrogen functional groups attached to an aromatic ring is 3. The van der Waals surface area contributed by atoms with Gasteiger partial charge in [0.2, 0.25) is 11.8 Å². The van der Waals surface area contributed by atoms with E-state index in [4.69, 9.17) is 26.7 Å². The number of ether oxygens (including phenoxy) is 2. The molecule has 1 heterocycles. The van der Waals surface area contributed by atoms with Gasteiger partial charge in [-0.15, -0.1) is 0 Å². The van der Waals surface area contributed by atoms with Crippen LogP contribution in [0.4, 0.5) is 17.5 Å². The van der Waals surface area contributed by atoms with Crippen molar-refractivity contribution in [2.24, 2.45) is 0 Å². The van der Waals surface area contributed by atoms with E-state index in [1.54, 1.807) is 7.11 Å². The summed E-state index contributed by atoms with van der Waals surface area (Å²) in [7, 11) is 1.68. The maximum Gasteiger partial charge on any atom is 0.244 e. The molecule has 0 saturated heterocycles. The maximum atomic E-state index is 5.66. The first-order valence-corrected chi connectivity index (χ1v) is 5.45. The van der Waals surface area contributed by atoms with Crippen molar-refractivity contribution in [3.63, 3.8) is 0 Å². The molecule has 0 aliphatic carbocycles. The molecule has 0 atom stereocenters. The topological polar surface area (TPSA) is 122 Å². The largest absolute Gasteiger partial charge is 0.476 e. The maximum absolute atomic E-state index is 5.66. The zero-order chi connectivity index (χ0) is 12.7. The van der Waals surface area contributed by atoms with Gasteiger partial charge in [-0.25, -0.2) is 0 Å². The molecule has 1 aromatic heterocycles. The molecule has 1 rings (SSSR count). The fourth-order valence-electron chi connectivity index (χ4n) is 1.29. The van der Waals surface area contributed by atoms with Crippen molar-refractivity contribution in [3.8, 4) is 5.88 Å². The number of rotatable bonds is 7. The summed E-state index contributed by atoms with van der Waals surface area (Å²) >= 11 is 0. The minimum absolute atomic E-state index is 0.0612. The summed E-state index contributed by atoms with van der Waals surface area (Å²) in [4.78, 5) is 7.61. The molecule has 0 aliphatic rings. The molecule has 0 spiro atoms. The first kappa shape index (κ1) is 13.3. The van der Waals surface area contributed by atoms with Crippen LogP contribution in [-0.4, -0.2) is 30.3 Å². The van der Waals surface area contributed by atoms with Crippen molar-refractivity contribution in [1.29, 1.82) is 0 Å². The van der Waals surface area contributed by atoms with E-state index in [2.05, 4.69) is 9.97 Å². The highest BCUT2D eigenvalue weighted by Gasteiger charge is 2.08. The first-order valence-electron chi connectivity index (χ1n) is 5.45. The molecule has 7 nitrogen and oxygen atoms in total. The van der Waals surface area contributed by atoms with Crippen LogP contribution >= 0.6 is 0 Å². The van der Waals surface area contributed by atoms with Gasteiger partial charge in [-0.3, -0.25) is 0 Å². The van der Waals surface area contributed by atoms with Gasteiger partial charge < -0.3 is 26.7 Å². The number of hydrogen-bond acceptors (Lipinski definition) is 7. The van der Waals surface area contributed by atoms with Crippen LogP contribution in [0.3, 0.4) is 0 Å². The van der Waals surface area contributed by atoms with Gasteiger partial charge in [0.25, 0.3) is 0 Å². The number of aromatic nitrogens is 2. The number of methoxy groups -OCH3 is 1. The average Bonchev–Trinajstić information content (AvgIpc) is 2.29. The molecule has 0 saturated carbocycles. The number of unbranched alkanes of at least 4 members (excludes halogenated alkanes) is 2. The summed E-state index contributed by atoms with van der Waals surface area (Å²) in [6.07, 6.45) is 2.92. The van der Waals surface area contributed by atoms with Crippen LogP contribution < -0.4 is 21.9 Å². The van der Waals surface area contributed by atoms with Crippen molar-refractivity contribution in [1.82, 2.24) is 9.97 Å². The summed E-state index contributed by atoms with van der Waals surface area (Å²) < 4.78 is 10.3. The van der Waals surface area contributed by atoms with E-state index in [0.29, 0.717) is 6.61 Å². The second-order valence-corrected chi connectivity index (χ2v) is 3.59. The highest BCUT2D eigenvalue weighted by molar-refractivity contribution is 5.65. The lowest BCUT2D eigenvalue weighted by molar-refractivity contribution is 0.189. The SMILES string of the molecule is COCCCCCOc1nc(N)nc(N)c1N. The Morgan fingerprint density at radius 3 is 2.41 bits per heavy atom. The van der Waals surface area contributed by atoms with Crippen molar-refractivity contribution >= 4 is 17.5 Å². The first-order chi connectivity index (χ1) is 8.15. The Labute approximate surface area is 100 Å². The molecule has 6 N–H and O–H groups in total. The van der Waals surface area contributed by atoms with Gasteiger partial charge >= 0.3 is 0 Å². The van der Waals surface area contributed by atoms with Crippen LogP contribution in [0.2, 0.25) is 0 Å². The van der Waals surface area contributed by atoms with E-state index in [-0.39, 0.29) is 23.3 Å². The second-order valence-electron chi connectivity index (χ2n) is 3.59. The molecule has 1 aromatic rings. The van der Waals surface area contributed by atoms with E-state index < -0.39 is 0 Å². The van der Waals surface area contributed by atoms with Gasteiger partial charge in [-0.1, -0.05) is 0 Å². The van der Waals surface area contributed by atoms with E-state index in [9.17, 15) is 0 Å². The molecular weight excluding hydrogens is 222 g/mol. The minimum atomic E-state index is 0.0612. The van der Waals surface area contributed by atoms with Crippen LogP contribution in [0, 0.1) is 0 Å². The Morgan fingerprint density at radius 1 is 1.00 bits per heavy atom. The van der Waals surface area contributed by atoms with Crippen molar-refractivity contribution < 1.29 is 9.47 Å². The predicted octanol–water partition coefficient (Wildman–Crippen LogP) is 0.419. The van der Waals surface area contributed by atoms with Crippen molar-refractivity contribution in [3.05, 3.63) is 0 Å². The number of nitrogens with two attached hydrogens (primary N) is 3. The number of anilines is 3. The number of nitrogens with zero attached hydrogens (tertiary/aromatic N) is 2. The molecule has 0 unspecified atom stereocenters. The lowest BCUT2D eigenvalue weighted by Gasteiger charge is -2.09. The molecule has 0 aliphatic heterocycles. The van der Waals surface area contributed by atoms with Crippen LogP contribution in [0.1, 0.15) is 19.3 Å². The minimum Gasteiger partial charge on any atom is -0.476 e. The third-order valence-corrected chi connectivity index (χ3v) is 2.19. The fraction of sp³-hybridized carbons (Fsp3) is 0.600. The lowest BCUT2D eigenvalue weighted by atomic mass is 10.2. The Bertz CT molecular complexity index is 359. The lowest BCUT2D eigenvalue weighted by Crippen LogP contribution is -2.09. The van der Waals surface area contributed by atoms with Gasteiger partial charge in [-0.2, -0.15) is 9.97 Å². The third-order valence-electron chi connectivity index (χ3n) is 2.19. The monoisotopic (exact) mass is 241 g/mol. The molecule has 0 fully saturated rings. The van der Waals surface area contributed by atoms with Gasteiger partial charge in [0.1, 0.15) is 5.69 Å². The smallest absolute Gasteiger partial charge is 0.244 e. The van der Waals surface area contributed by atoms with E-state index in [1.165, 1.54) is 0 Å². The predicted molar refractivity (Wildman–Crippen MR) is 66.5 cm³/mol. The number of hydrogen-bond donors (Lipinski definition) is 3. The van der Waals surface area contributed by atoms with Crippen molar-refractivity contribution in [2.75, 3.05) is 37.5 Å². The van der Waals surface area contributed by atoms with E-state index in [0.717, 1.165) is 25.9 Å². The van der Waals surface area contributed by atoms with Gasteiger partial charge in [0.15, 0.2) is 5.82 Å².